The Hall–Kier alpha value is -2.50. The highest BCUT2D eigenvalue weighted by Crippen LogP contribution is 2.27. The fourth-order valence-electron chi connectivity index (χ4n) is 2.53. The van der Waals surface area contributed by atoms with Crippen molar-refractivity contribution < 1.29 is 9.47 Å². The van der Waals surface area contributed by atoms with Crippen molar-refractivity contribution in [3.8, 4) is 11.5 Å². The Bertz CT molecular complexity index is 664. The van der Waals surface area contributed by atoms with Crippen LogP contribution in [0.4, 0.5) is 11.6 Å². The third-order valence-corrected chi connectivity index (χ3v) is 4.06. The van der Waals surface area contributed by atoms with Crippen LogP contribution in [0, 0.1) is 0 Å². The van der Waals surface area contributed by atoms with E-state index in [1.807, 2.05) is 24.3 Å². The Morgan fingerprint density at radius 1 is 1.08 bits per heavy atom. The van der Waals surface area contributed by atoms with Crippen molar-refractivity contribution in [3.05, 3.63) is 36.2 Å². The molecule has 0 aliphatic carbocycles. The number of hydrogen-bond acceptors (Lipinski definition) is 6. The van der Waals surface area contributed by atoms with E-state index in [0.29, 0.717) is 0 Å². The molecule has 0 atom stereocenters. The Balaban J connectivity index is 1.91. The largest absolute Gasteiger partial charge is 0.493 e. The van der Waals surface area contributed by atoms with Crippen LogP contribution in [0.3, 0.4) is 0 Å². The van der Waals surface area contributed by atoms with Gasteiger partial charge in [-0.05, 0) is 30.5 Å². The van der Waals surface area contributed by atoms with Gasteiger partial charge >= 0.3 is 0 Å². The Labute approximate surface area is 150 Å². The van der Waals surface area contributed by atoms with E-state index in [0.717, 1.165) is 49.1 Å². The second-order valence-electron chi connectivity index (χ2n) is 5.90. The molecule has 136 valence electrons. The van der Waals surface area contributed by atoms with E-state index in [4.69, 9.17) is 9.47 Å². The number of nitrogens with one attached hydrogen (secondary N) is 1. The van der Waals surface area contributed by atoms with E-state index >= 15 is 0 Å². The molecule has 6 nitrogen and oxygen atoms in total. The molecule has 0 fully saturated rings. The topological polar surface area (TPSA) is 59.5 Å². The van der Waals surface area contributed by atoms with Crippen molar-refractivity contribution >= 4 is 11.6 Å². The zero-order chi connectivity index (χ0) is 18.1. The molecule has 0 saturated heterocycles. The minimum absolute atomic E-state index is 0.745. The maximum atomic E-state index is 5.34. The first-order chi connectivity index (χ1) is 12.2. The van der Waals surface area contributed by atoms with Gasteiger partial charge in [0.25, 0.3) is 0 Å². The summed E-state index contributed by atoms with van der Waals surface area (Å²) in [5.41, 5.74) is 1.18. The molecule has 0 amide bonds. The number of methoxy groups -OCH3 is 2. The second-order valence-corrected chi connectivity index (χ2v) is 5.90. The maximum Gasteiger partial charge on any atom is 0.160 e. The Morgan fingerprint density at radius 3 is 2.60 bits per heavy atom. The van der Waals surface area contributed by atoms with Crippen molar-refractivity contribution in [2.24, 2.45) is 0 Å². The van der Waals surface area contributed by atoms with Gasteiger partial charge in [0.05, 0.1) is 14.2 Å². The van der Waals surface area contributed by atoms with Crippen LogP contribution in [0.1, 0.15) is 25.3 Å². The lowest BCUT2D eigenvalue weighted by atomic mass is 10.1. The lowest BCUT2D eigenvalue weighted by Crippen LogP contribution is -2.20. The summed E-state index contributed by atoms with van der Waals surface area (Å²) in [6.07, 6.45) is 4.80. The van der Waals surface area contributed by atoms with Crippen molar-refractivity contribution in [2.45, 2.75) is 26.2 Å². The molecule has 2 aromatic rings. The van der Waals surface area contributed by atoms with E-state index in [1.54, 1.807) is 20.5 Å². The molecule has 0 bridgehead atoms. The zero-order valence-corrected chi connectivity index (χ0v) is 15.6. The van der Waals surface area contributed by atoms with Gasteiger partial charge in [0, 0.05) is 26.2 Å². The molecule has 0 spiro atoms. The first-order valence-corrected chi connectivity index (χ1v) is 8.66. The summed E-state index contributed by atoms with van der Waals surface area (Å²) in [5.74, 6) is 3.28. The van der Waals surface area contributed by atoms with Crippen LogP contribution in [0.25, 0.3) is 0 Å². The molecule has 0 unspecified atom stereocenters. The molecule has 1 N–H and O–H groups in total. The third-order valence-electron chi connectivity index (χ3n) is 4.06. The van der Waals surface area contributed by atoms with Crippen LogP contribution >= 0.6 is 0 Å². The van der Waals surface area contributed by atoms with E-state index in [1.165, 1.54) is 12.0 Å². The predicted octanol–water partition coefficient (Wildman–Crippen LogP) is 3.38. The number of nitrogens with zero attached hydrogens (tertiary/aromatic N) is 3. The molecule has 1 aromatic heterocycles. The Kier molecular flexibility index (Phi) is 7.32. The summed E-state index contributed by atoms with van der Waals surface area (Å²) in [6, 6.07) is 7.97. The first kappa shape index (κ1) is 18.8. The van der Waals surface area contributed by atoms with Crippen LogP contribution in [0.15, 0.2) is 30.6 Å². The number of benzene rings is 1. The summed E-state index contributed by atoms with van der Waals surface area (Å²) in [7, 11) is 5.35. The molecule has 6 heteroatoms. The molecular formula is C19H28N4O2. The van der Waals surface area contributed by atoms with Crippen molar-refractivity contribution in [1.82, 2.24) is 9.97 Å². The van der Waals surface area contributed by atoms with Gasteiger partial charge < -0.3 is 19.7 Å². The molecule has 0 saturated carbocycles. The summed E-state index contributed by atoms with van der Waals surface area (Å²) >= 11 is 0. The normalized spacial score (nSPS) is 10.4. The van der Waals surface area contributed by atoms with Crippen LogP contribution < -0.4 is 19.7 Å². The van der Waals surface area contributed by atoms with E-state index < -0.39 is 0 Å². The van der Waals surface area contributed by atoms with Crippen LogP contribution in [0.5, 0.6) is 11.5 Å². The monoisotopic (exact) mass is 344 g/mol. The first-order valence-electron chi connectivity index (χ1n) is 8.66. The van der Waals surface area contributed by atoms with Crippen LogP contribution in [-0.4, -0.2) is 44.3 Å². The minimum atomic E-state index is 0.745. The molecule has 0 aliphatic heterocycles. The van der Waals surface area contributed by atoms with E-state index in [-0.39, 0.29) is 0 Å². The zero-order valence-electron chi connectivity index (χ0n) is 15.6. The molecule has 2 rings (SSSR count). The van der Waals surface area contributed by atoms with Crippen molar-refractivity contribution in [3.63, 3.8) is 0 Å². The number of aromatic nitrogens is 2. The predicted molar refractivity (Wildman–Crippen MR) is 102 cm³/mol. The van der Waals surface area contributed by atoms with Crippen LogP contribution in [-0.2, 0) is 6.42 Å². The van der Waals surface area contributed by atoms with E-state index in [2.05, 4.69) is 34.2 Å². The summed E-state index contributed by atoms with van der Waals surface area (Å²) in [4.78, 5) is 10.8. The van der Waals surface area contributed by atoms with E-state index in [9.17, 15) is 0 Å². The third kappa shape index (κ3) is 5.52. The van der Waals surface area contributed by atoms with Gasteiger partial charge in [-0.2, -0.15) is 0 Å². The summed E-state index contributed by atoms with van der Waals surface area (Å²) in [6.45, 7) is 3.97. The van der Waals surface area contributed by atoms with Crippen molar-refractivity contribution in [2.75, 3.05) is 44.6 Å². The SMILES string of the molecule is CCCCN(C)c1cc(NCCc2ccc(OC)c(OC)c2)ncn1. The second kappa shape index (κ2) is 9.71. The van der Waals surface area contributed by atoms with Crippen molar-refractivity contribution in [1.29, 1.82) is 0 Å². The Morgan fingerprint density at radius 2 is 1.88 bits per heavy atom. The van der Waals surface area contributed by atoms with Gasteiger partial charge in [-0.25, -0.2) is 9.97 Å². The van der Waals surface area contributed by atoms with Crippen LogP contribution in [0.2, 0.25) is 0 Å². The van der Waals surface area contributed by atoms with Gasteiger partial charge in [0.15, 0.2) is 11.5 Å². The number of anilines is 2. The fraction of sp³-hybridized carbons (Fsp3) is 0.474. The minimum Gasteiger partial charge on any atom is -0.493 e. The van der Waals surface area contributed by atoms with Gasteiger partial charge in [0.2, 0.25) is 0 Å². The average Bonchev–Trinajstić information content (AvgIpc) is 2.66. The number of unbranched alkanes of at least 4 members (excludes halogenated alkanes) is 1. The maximum absolute atomic E-state index is 5.34. The number of rotatable bonds is 10. The van der Waals surface area contributed by atoms with Gasteiger partial charge in [-0.1, -0.05) is 19.4 Å². The molecular weight excluding hydrogens is 316 g/mol. The lowest BCUT2D eigenvalue weighted by molar-refractivity contribution is 0.354. The quantitative estimate of drug-likeness (QED) is 0.713. The highest BCUT2D eigenvalue weighted by Gasteiger charge is 2.06. The summed E-state index contributed by atoms with van der Waals surface area (Å²) < 4.78 is 10.6. The molecule has 25 heavy (non-hydrogen) atoms. The molecule has 0 aliphatic rings. The average molecular weight is 344 g/mol. The smallest absolute Gasteiger partial charge is 0.160 e. The molecule has 1 heterocycles. The van der Waals surface area contributed by atoms with Gasteiger partial charge in [0.1, 0.15) is 18.0 Å². The fourth-order valence-corrected chi connectivity index (χ4v) is 2.53. The molecule has 1 aromatic carbocycles. The summed E-state index contributed by atoms with van der Waals surface area (Å²) in [5, 5.41) is 3.36. The highest BCUT2D eigenvalue weighted by molar-refractivity contribution is 5.48. The van der Waals surface area contributed by atoms with Gasteiger partial charge in [-0.3, -0.25) is 0 Å². The highest BCUT2D eigenvalue weighted by atomic mass is 16.5. The number of ether oxygens (including phenoxy) is 2. The molecule has 0 radical (unpaired) electrons. The van der Waals surface area contributed by atoms with Gasteiger partial charge in [-0.15, -0.1) is 0 Å². The number of hydrogen-bond donors (Lipinski definition) is 1. The standard InChI is InChI=1S/C19H28N4O2/c1-5-6-11-23(2)19-13-18(21-14-22-19)20-10-9-15-7-8-16(24-3)17(12-15)25-4/h7-8,12-14H,5-6,9-11H2,1-4H3,(H,20,21,22). The lowest BCUT2D eigenvalue weighted by Gasteiger charge is -2.18.